The topological polar surface area (TPSA) is 54.5 Å². The second kappa shape index (κ2) is 7.88. The number of rotatable bonds is 4. The van der Waals surface area contributed by atoms with E-state index in [1.54, 1.807) is 7.11 Å². The minimum absolute atomic E-state index is 0.0111. The summed E-state index contributed by atoms with van der Waals surface area (Å²) in [5, 5.41) is 0. The van der Waals surface area contributed by atoms with Gasteiger partial charge in [0.05, 0.1) is 25.2 Å². The van der Waals surface area contributed by atoms with Gasteiger partial charge in [-0.15, -0.1) is 0 Å². The molecule has 0 N–H and O–H groups in total. The van der Waals surface area contributed by atoms with E-state index >= 15 is 0 Å². The fourth-order valence-electron chi connectivity index (χ4n) is 7.80. The average Bonchev–Trinajstić information content (AvgIpc) is 3.51. The molecule has 3 heterocycles. The normalized spacial score (nSPS) is 42.6. The van der Waals surface area contributed by atoms with Crippen LogP contribution in [0.1, 0.15) is 46.0 Å². The number of carbonyl (C=O) groups is 1. The molecule has 6 nitrogen and oxygen atoms in total. The van der Waals surface area contributed by atoms with Crippen LogP contribution in [0, 0.1) is 23.2 Å². The molecule has 0 bridgehead atoms. The van der Waals surface area contributed by atoms with E-state index in [2.05, 4.69) is 35.8 Å². The van der Waals surface area contributed by atoms with Gasteiger partial charge in [0.25, 0.3) is 0 Å². The van der Waals surface area contributed by atoms with Gasteiger partial charge in [-0.3, -0.25) is 9.69 Å². The van der Waals surface area contributed by atoms with Crippen molar-refractivity contribution in [3.05, 3.63) is 24.3 Å². The van der Waals surface area contributed by atoms with Gasteiger partial charge < -0.3 is 19.1 Å². The van der Waals surface area contributed by atoms with Gasteiger partial charge in [0.2, 0.25) is 0 Å². The van der Waals surface area contributed by atoms with Gasteiger partial charge in [-0.1, -0.05) is 6.92 Å². The number of epoxide rings is 1. The summed E-state index contributed by atoms with van der Waals surface area (Å²) in [5.74, 6) is 1.88. The van der Waals surface area contributed by atoms with E-state index in [-0.39, 0.29) is 29.0 Å². The van der Waals surface area contributed by atoms with Crippen molar-refractivity contribution in [2.24, 2.45) is 23.2 Å². The smallest absolute Gasteiger partial charge is 0.310 e. The van der Waals surface area contributed by atoms with Gasteiger partial charge in [0.1, 0.15) is 11.9 Å². The fraction of sp³-hybridized carbons (Fsp3) is 0.741. The van der Waals surface area contributed by atoms with Crippen LogP contribution in [0.25, 0.3) is 0 Å². The molecule has 0 radical (unpaired) electrons. The lowest BCUT2D eigenvalue weighted by molar-refractivity contribution is -0.147. The minimum Gasteiger partial charge on any atom is -0.497 e. The molecule has 5 fully saturated rings. The molecule has 1 aromatic carbocycles. The van der Waals surface area contributed by atoms with Gasteiger partial charge in [-0.05, 0) is 74.6 Å². The van der Waals surface area contributed by atoms with Gasteiger partial charge in [-0.2, -0.15) is 0 Å². The van der Waals surface area contributed by atoms with E-state index < -0.39 is 0 Å². The van der Waals surface area contributed by atoms with E-state index in [0.29, 0.717) is 17.9 Å². The number of hydrogen-bond acceptors (Lipinski definition) is 6. The summed E-state index contributed by atoms with van der Waals surface area (Å²) in [6.45, 7) is 9.40. The molecular weight excluding hydrogens is 416 g/mol. The van der Waals surface area contributed by atoms with Crippen LogP contribution < -0.4 is 9.64 Å². The molecule has 2 saturated carbocycles. The number of nitrogens with zero attached hydrogens (tertiary/aromatic N) is 2. The predicted molar refractivity (Wildman–Crippen MR) is 126 cm³/mol. The molecule has 1 spiro atoms. The molecule has 5 aliphatic rings. The van der Waals surface area contributed by atoms with Crippen LogP contribution in [-0.2, 0) is 14.3 Å². The van der Waals surface area contributed by atoms with Crippen LogP contribution in [0.4, 0.5) is 5.69 Å². The second-order valence-electron chi connectivity index (χ2n) is 11.6. The zero-order valence-electron chi connectivity index (χ0n) is 20.3. The number of hydrogen-bond donors (Lipinski definition) is 0. The summed E-state index contributed by atoms with van der Waals surface area (Å²) in [5.41, 5.74) is 1.62. The number of fused-ring (bicyclic) bond motifs is 3. The van der Waals surface area contributed by atoms with Crippen LogP contribution in [0.3, 0.4) is 0 Å². The van der Waals surface area contributed by atoms with Crippen molar-refractivity contribution in [3.63, 3.8) is 0 Å². The van der Waals surface area contributed by atoms with Crippen molar-refractivity contribution in [2.75, 3.05) is 44.8 Å². The first kappa shape index (κ1) is 21.7. The Bertz CT molecular complexity index is 900. The number of ether oxygens (including phenoxy) is 3. The Morgan fingerprint density at radius 2 is 1.97 bits per heavy atom. The molecule has 2 aliphatic carbocycles. The number of piperazine rings is 1. The Labute approximate surface area is 197 Å². The van der Waals surface area contributed by atoms with Crippen molar-refractivity contribution in [2.45, 2.75) is 63.7 Å². The summed E-state index contributed by atoms with van der Waals surface area (Å²) in [7, 11) is 1.70. The lowest BCUT2D eigenvalue weighted by Crippen LogP contribution is -2.54. The third-order valence-corrected chi connectivity index (χ3v) is 9.65. The van der Waals surface area contributed by atoms with Crippen LogP contribution >= 0.6 is 0 Å². The van der Waals surface area contributed by atoms with E-state index in [9.17, 15) is 4.79 Å². The lowest BCUT2D eigenvalue weighted by atomic mass is 9.53. The van der Waals surface area contributed by atoms with Crippen molar-refractivity contribution >= 4 is 11.7 Å². The summed E-state index contributed by atoms with van der Waals surface area (Å²) >= 11 is 0. The third-order valence-electron chi connectivity index (χ3n) is 9.65. The molecule has 0 amide bonds. The summed E-state index contributed by atoms with van der Waals surface area (Å²) in [6.07, 6.45) is 5.93. The number of esters is 1. The Hall–Kier alpha value is -1.79. The van der Waals surface area contributed by atoms with Crippen LogP contribution in [-0.4, -0.2) is 68.5 Å². The van der Waals surface area contributed by atoms with Crippen LogP contribution in [0.5, 0.6) is 5.75 Å². The van der Waals surface area contributed by atoms with Crippen molar-refractivity contribution < 1.29 is 19.0 Å². The summed E-state index contributed by atoms with van der Waals surface area (Å²) < 4.78 is 17.4. The monoisotopic (exact) mass is 454 g/mol. The minimum atomic E-state index is 0.0111. The molecule has 6 rings (SSSR count). The highest BCUT2D eigenvalue weighted by atomic mass is 16.6. The molecule has 3 saturated heterocycles. The Morgan fingerprint density at radius 1 is 1.18 bits per heavy atom. The van der Waals surface area contributed by atoms with Crippen molar-refractivity contribution in [3.8, 4) is 5.75 Å². The van der Waals surface area contributed by atoms with Crippen LogP contribution in [0.15, 0.2) is 24.3 Å². The van der Waals surface area contributed by atoms with Crippen LogP contribution in [0.2, 0.25) is 0 Å². The molecular formula is C27H38N2O4. The zero-order chi connectivity index (χ0) is 22.8. The number of benzene rings is 1. The number of anilines is 1. The van der Waals surface area contributed by atoms with E-state index in [1.165, 1.54) is 24.9 Å². The lowest BCUT2D eigenvalue weighted by Gasteiger charge is -2.51. The Morgan fingerprint density at radius 3 is 2.67 bits per heavy atom. The number of carbonyl (C=O) groups excluding carboxylic acids is 1. The Balaban J connectivity index is 1.12. The maximum atomic E-state index is 13.0. The first-order chi connectivity index (χ1) is 15.9. The predicted octanol–water partition coefficient (Wildman–Crippen LogP) is 3.73. The van der Waals surface area contributed by atoms with Crippen molar-refractivity contribution in [1.82, 2.24) is 4.90 Å². The molecule has 7 atom stereocenters. The fourth-order valence-corrected chi connectivity index (χ4v) is 7.80. The highest BCUT2D eigenvalue weighted by Crippen LogP contribution is 2.62. The second-order valence-corrected chi connectivity index (χ2v) is 11.6. The van der Waals surface area contributed by atoms with Gasteiger partial charge in [-0.25, -0.2) is 0 Å². The number of methoxy groups -OCH3 is 1. The molecule has 3 aliphatic heterocycles. The summed E-state index contributed by atoms with van der Waals surface area (Å²) in [6, 6.07) is 8.74. The molecule has 180 valence electrons. The van der Waals surface area contributed by atoms with Gasteiger partial charge >= 0.3 is 5.97 Å². The largest absolute Gasteiger partial charge is 0.497 e. The molecule has 6 heteroatoms. The zero-order valence-corrected chi connectivity index (χ0v) is 20.3. The average molecular weight is 455 g/mol. The van der Waals surface area contributed by atoms with E-state index in [4.69, 9.17) is 14.2 Å². The maximum Gasteiger partial charge on any atom is 0.310 e. The highest BCUT2D eigenvalue weighted by Gasteiger charge is 2.65. The first-order valence-electron chi connectivity index (χ1n) is 12.9. The quantitative estimate of drug-likeness (QED) is 0.510. The first-order valence-corrected chi connectivity index (χ1v) is 12.9. The molecule has 0 unspecified atom stereocenters. The molecule has 0 aromatic heterocycles. The summed E-state index contributed by atoms with van der Waals surface area (Å²) in [4.78, 5) is 18.0. The molecule has 33 heavy (non-hydrogen) atoms. The van der Waals surface area contributed by atoms with E-state index in [0.717, 1.165) is 51.4 Å². The van der Waals surface area contributed by atoms with Gasteiger partial charge in [0, 0.05) is 43.8 Å². The van der Waals surface area contributed by atoms with E-state index in [1.807, 2.05) is 12.1 Å². The van der Waals surface area contributed by atoms with Crippen molar-refractivity contribution in [1.29, 1.82) is 0 Å². The third kappa shape index (κ3) is 3.65. The Kier molecular flexibility index (Phi) is 5.18. The SMILES string of the molecule is COc1ccc(N2CCN(C[C@@H]3C(=O)O[C@@H]4C[C@@]5(C)CCC[C@]6(CO6)[C@@H]5C[C@H]34)C[C@H]2C)cc1. The standard InChI is InChI=1S/C27H38N2O4/c1-18-15-28(11-12-29(18)19-5-7-20(31-3)8-6-19)16-22-21-13-24-26(2,14-23(21)33-25(22)30)9-4-10-27(24)17-32-27/h5-8,18,21-24H,4,9-17H2,1-3H3/t18-,21-,22+,23-,24-,26-,27+/m1/s1. The highest BCUT2D eigenvalue weighted by molar-refractivity contribution is 5.75. The van der Waals surface area contributed by atoms with Gasteiger partial charge in [0.15, 0.2) is 0 Å². The molecule has 1 aromatic rings. The maximum absolute atomic E-state index is 13.0.